The number of benzene rings is 1. The summed E-state index contributed by atoms with van der Waals surface area (Å²) in [6.45, 7) is 7.29. The van der Waals surface area contributed by atoms with Crippen molar-refractivity contribution in [2.24, 2.45) is 0 Å². The summed E-state index contributed by atoms with van der Waals surface area (Å²) in [5.74, 6) is -0.123. The van der Waals surface area contributed by atoms with Gasteiger partial charge in [-0.3, -0.25) is 0 Å². The standard InChI is InChI=1S/C13H16O4/c1-5-6-17-10-7-8(2)11(13(15)16-4)12(14)9(10)3/h5,7,14H,1,6H2,2-4H3. The Kier molecular flexibility index (Phi) is 4.15. The first-order valence-electron chi connectivity index (χ1n) is 5.18. The predicted molar refractivity (Wildman–Crippen MR) is 64.6 cm³/mol. The van der Waals surface area contributed by atoms with E-state index in [0.717, 1.165) is 0 Å². The van der Waals surface area contributed by atoms with Gasteiger partial charge in [-0.05, 0) is 25.5 Å². The maximum absolute atomic E-state index is 11.5. The van der Waals surface area contributed by atoms with Crippen LogP contribution >= 0.6 is 0 Å². The lowest BCUT2D eigenvalue weighted by molar-refractivity contribution is 0.0596. The molecule has 4 heteroatoms. The second kappa shape index (κ2) is 5.39. The molecule has 0 saturated heterocycles. The van der Waals surface area contributed by atoms with Crippen molar-refractivity contribution in [3.8, 4) is 11.5 Å². The number of rotatable bonds is 4. The minimum absolute atomic E-state index is 0.101. The Morgan fingerprint density at radius 1 is 1.53 bits per heavy atom. The average Bonchev–Trinajstić information content (AvgIpc) is 2.31. The van der Waals surface area contributed by atoms with E-state index >= 15 is 0 Å². The Labute approximate surface area is 100 Å². The summed E-state index contributed by atoms with van der Waals surface area (Å²) in [7, 11) is 1.28. The van der Waals surface area contributed by atoms with Crippen LogP contribution in [0.3, 0.4) is 0 Å². The third kappa shape index (κ3) is 2.58. The number of aromatic hydroxyl groups is 1. The SMILES string of the molecule is C=CCOc1cc(C)c(C(=O)OC)c(O)c1C. The summed E-state index contributed by atoms with van der Waals surface area (Å²) in [5.41, 5.74) is 1.30. The van der Waals surface area contributed by atoms with Gasteiger partial charge < -0.3 is 14.6 Å². The van der Waals surface area contributed by atoms with Gasteiger partial charge in [0.05, 0.1) is 7.11 Å². The van der Waals surface area contributed by atoms with Crippen molar-refractivity contribution in [1.82, 2.24) is 0 Å². The molecule has 0 spiro atoms. The van der Waals surface area contributed by atoms with Gasteiger partial charge in [0, 0.05) is 5.56 Å². The van der Waals surface area contributed by atoms with E-state index in [1.807, 2.05) is 0 Å². The fourth-order valence-electron chi connectivity index (χ4n) is 1.53. The van der Waals surface area contributed by atoms with E-state index in [4.69, 9.17) is 4.74 Å². The first kappa shape index (κ1) is 13.1. The van der Waals surface area contributed by atoms with Crippen molar-refractivity contribution in [1.29, 1.82) is 0 Å². The summed E-state index contributed by atoms with van der Waals surface area (Å²) in [6, 6.07) is 1.70. The van der Waals surface area contributed by atoms with Gasteiger partial charge in [-0.1, -0.05) is 12.7 Å². The molecule has 0 aromatic heterocycles. The van der Waals surface area contributed by atoms with Crippen LogP contribution in [0, 0.1) is 13.8 Å². The van der Waals surface area contributed by atoms with Crippen LogP contribution in [-0.4, -0.2) is 24.8 Å². The molecule has 1 N–H and O–H groups in total. The lowest BCUT2D eigenvalue weighted by Gasteiger charge is -2.13. The molecule has 0 bridgehead atoms. The summed E-state index contributed by atoms with van der Waals surface area (Å²) in [5, 5.41) is 9.95. The van der Waals surface area contributed by atoms with Crippen LogP contribution in [0.2, 0.25) is 0 Å². The number of aryl methyl sites for hydroxylation is 1. The van der Waals surface area contributed by atoms with Crippen LogP contribution in [-0.2, 0) is 4.74 Å². The van der Waals surface area contributed by atoms with Gasteiger partial charge in [0.1, 0.15) is 23.7 Å². The maximum atomic E-state index is 11.5. The van der Waals surface area contributed by atoms with Gasteiger partial charge in [-0.2, -0.15) is 0 Å². The molecule has 0 aliphatic carbocycles. The molecule has 1 aromatic rings. The number of methoxy groups -OCH3 is 1. The van der Waals surface area contributed by atoms with E-state index in [1.54, 1.807) is 26.0 Å². The smallest absolute Gasteiger partial charge is 0.341 e. The van der Waals surface area contributed by atoms with Crippen molar-refractivity contribution in [2.45, 2.75) is 13.8 Å². The molecule has 1 rings (SSSR count). The number of phenols is 1. The van der Waals surface area contributed by atoms with Gasteiger partial charge >= 0.3 is 5.97 Å². The van der Waals surface area contributed by atoms with Gasteiger partial charge in [0.2, 0.25) is 0 Å². The summed E-state index contributed by atoms with van der Waals surface area (Å²) < 4.78 is 10.0. The summed E-state index contributed by atoms with van der Waals surface area (Å²) in [4.78, 5) is 11.5. The molecule has 0 atom stereocenters. The zero-order valence-electron chi connectivity index (χ0n) is 10.2. The third-order valence-electron chi connectivity index (χ3n) is 2.45. The van der Waals surface area contributed by atoms with Crippen LogP contribution < -0.4 is 4.74 Å². The summed E-state index contributed by atoms with van der Waals surface area (Å²) in [6.07, 6.45) is 1.61. The first-order valence-corrected chi connectivity index (χ1v) is 5.18. The molecule has 1 aromatic carbocycles. The predicted octanol–water partition coefficient (Wildman–Crippen LogP) is 2.36. The average molecular weight is 236 g/mol. The zero-order valence-corrected chi connectivity index (χ0v) is 10.2. The number of ether oxygens (including phenoxy) is 2. The van der Waals surface area contributed by atoms with E-state index < -0.39 is 5.97 Å². The molecule has 0 saturated carbocycles. The van der Waals surface area contributed by atoms with Gasteiger partial charge in [-0.15, -0.1) is 0 Å². The van der Waals surface area contributed by atoms with Crippen molar-refractivity contribution in [3.05, 3.63) is 35.4 Å². The zero-order chi connectivity index (χ0) is 13.0. The van der Waals surface area contributed by atoms with E-state index in [0.29, 0.717) is 23.5 Å². The molecule has 0 heterocycles. The minimum atomic E-state index is -0.557. The van der Waals surface area contributed by atoms with E-state index in [9.17, 15) is 9.90 Å². The Morgan fingerprint density at radius 2 is 2.18 bits per heavy atom. The van der Waals surface area contributed by atoms with Crippen molar-refractivity contribution < 1.29 is 19.4 Å². The number of carbonyl (C=O) groups excluding carboxylic acids is 1. The van der Waals surface area contributed by atoms with Gasteiger partial charge in [0.15, 0.2) is 0 Å². The third-order valence-corrected chi connectivity index (χ3v) is 2.45. The highest BCUT2D eigenvalue weighted by atomic mass is 16.5. The lowest BCUT2D eigenvalue weighted by atomic mass is 10.0. The Bertz CT molecular complexity index is 449. The van der Waals surface area contributed by atoms with Crippen molar-refractivity contribution >= 4 is 5.97 Å². The molecule has 0 radical (unpaired) electrons. The van der Waals surface area contributed by atoms with Gasteiger partial charge in [-0.25, -0.2) is 4.79 Å². The fourth-order valence-corrected chi connectivity index (χ4v) is 1.53. The molecule has 0 unspecified atom stereocenters. The molecule has 0 fully saturated rings. The molecule has 4 nitrogen and oxygen atoms in total. The van der Waals surface area contributed by atoms with Crippen LogP contribution in [0.15, 0.2) is 18.7 Å². The first-order chi connectivity index (χ1) is 8.02. The Hall–Kier alpha value is -1.97. The highest BCUT2D eigenvalue weighted by Gasteiger charge is 2.19. The topological polar surface area (TPSA) is 55.8 Å². The molecule has 92 valence electrons. The number of hydrogen-bond acceptors (Lipinski definition) is 4. The van der Waals surface area contributed by atoms with E-state index in [2.05, 4.69) is 11.3 Å². The second-order valence-electron chi connectivity index (χ2n) is 3.63. The van der Waals surface area contributed by atoms with E-state index in [-0.39, 0.29) is 11.3 Å². The Balaban J connectivity index is 3.26. The molecular weight excluding hydrogens is 220 g/mol. The van der Waals surface area contributed by atoms with Crippen molar-refractivity contribution in [2.75, 3.05) is 13.7 Å². The second-order valence-corrected chi connectivity index (χ2v) is 3.63. The molecule has 17 heavy (non-hydrogen) atoms. The lowest BCUT2D eigenvalue weighted by Crippen LogP contribution is -2.06. The monoisotopic (exact) mass is 236 g/mol. The summed E-state index contributed by atoms with van der Waals surface area (Å²) >= 11 is 0. The van der Waals surface area contributed by atoms with Gasteiger partial charge in [0.25, 0.3) is 0 Å². The minimum Gasteiger partial charge on any atom is -0.507 e. The van der Waals surface area contributed by atoms with Crippen molar-refractivity contribution in [3.63, 3.8) is 0 Å². The molecule has 0 aliphatic rings. The van der Waals surface area contributed by atoms with Crippen LogP contribution in [0.1, 0.15) is 21.5 Å². The number of esters is 1. The molecular formula is C13H16O4. The van der Waals surface area contributed by atoms with Crippen LogP contribution in [0.5, 0.6) is 11.5 Å². The quantitative estimate of drug-likeness (QED) is 0.644. The molecule has 0 amide bonds. The normalized spacial score (nSPS) is 9.82. The van der Waals surface area contributed by atoms with E-state index in [1.165, 1.54) is 7.11 Å². The molecule has 0 aliphatic heterocycles. The largest absolute Gasteiger partial charge is 0.507 e. The Morgan fingerprint density at radius 3 is 2.71 bits per heavy atom. The van der Waals surface area contributed by atoms with Crippen LogP contribution in [0.4, 0.5) is 0 Å². The fraction of sp³-hybridized carbons (Fsp3) is 0.308. The highest BCUT2D eigenvalue weighted by Crippen LogP contribution is 2.33. The highest BCUT2D eigenvalue weighted by molar-refractivity contribution is 5.95. The number of hydrogen-bond donors (Lipinski definition) is 1. The maximum Gasteiger partial charge on any atom is 0.341 e. The number of carbonyl (C=O) groups is 1. The number of phenolic OH excluding ortho intramolecular Hbond substituents is 1. The van der Waals surface area contributed by atoms with Crippen LogP contribution in [0.25, 0.3) is 0 Å².